The average Bonchev–Trinajstić information content (AvgIpc) is 3.14. The van der Waals surface area contributed by atoms with Gasteiger partial charge in [0.05, 0.1) is 17.1 Å². The van der Waals surface area contributed by atoms with E-state index in [1.807, 2.05) is 18.2 Å². The first kappa shape index (κ1) is 12.6. The molecule has 0 amide bonds. The first-order valence-electron chi connectivity index (χ1n) is 6.98. The number of anilines is 1. The molecule has 5 heteroatoms. The molecule has 1 aliphatic heterocycles. The van der Waals surface area contributed by atoms with E-state index < -0.39 is 0 Å². The number of pyridine rings is 1. The highest BCUT2D eigenvalue weighted by Gasteiger charge is 2.23. The van der Waals surface area contributed by atoms with Crippen LogP contribution in [0.5, 0.6) is 0 Å². The van der Waals surface area contributed by atoms with E-state index in [-0.39, 0.29) is 6.04 Å². The number of nitriles is 1. The van der Waals surface area contributed by atoms with Crippen molar-refractivity contribution in [1.29, 1.82) is 5.26 Å². The van der Waals surface area contributed by atoms with E-state index in [4.69, 9.17) is 16.0 Å². The molecule has 0 radical (unpaired) electrons. The molecule has 2 N–H and O–H groups in total. The molecule has 4 nitrogen and oxygen atoms in total. The van der Waals surface area contributed by atoms with Crippen molar-refractivity contribution in [3.8, 4) is 6.07 Å². The second kappa shape index (κ2) is 4.69. The summed E-state index contributed by atoms with van der Waals surface area (Å²) in [6.07, 6.45) is 1.00. The maximum atomic E-state index is 9.08. The number of hydrogen-bond donors (Lipinski definition) is 1. The molecule has 3 aromatic rings. The summed E-state index contributed by atoms with van der Waals surface area (Å²) in [6, 6.07) is 10.3. The number of rotatable bonds is 1. The van der Waals surface area contributed by atoms with Crippen LogP contribution in [0.4, 0.5) is 5.82 Å². The van der Waals surface area contributed by atoms with E-state index in [2.05, 4.69) is 22.4 Å². The van der Waals surface area contributed by atoms with Gasteiger partial charge in [0.2, 0.25) is 0 Å². The van der Waals surface area contributed by atoms with Crippen LogP contribution in [0.2, 0.25) is 0 Å². The van der Waals surface area contributed by atoms with Crippen LogP contribution in [0.15, 0.2) is 29.6 Å². The fourth-order valence-electron chi connectivity index (χ4n) is 2.97. The van der Waals surface area contributed by atoms with Gasteiger partial charge in [-0.25, -0.2) is 4.98 Å². The Morgan fingerprint density at radius 2 is 2.24 bits per heavy atom. The Kier molecular flexibility index (Phi) is 2.81. The monoisotopic (exact) mass is 294 g/mol. The van der Waals surface area contributed by atoms with Gasteiger partial charge in [-0.05, 0) is 30.0 Å². The molecule has 0 bridgehead atoms. The summed E-state index contributed by atoms with van der Waals surface area (Å²) >= 11 is 1.72. The molecule has 1 unspecified atom stereocenters. The van der Waals surface area contributed by atoms with E-state index >= 15 is 0 Å². The van der Waals surface area contributed by atoms with Gasteiger partial charge in [0.1, 0.15) is 5.82 Å². The minimum absolute atomic E-state index is 0.224. The zero-order valence-corrected chi connectivity index (χ0v) is 12.2. The van der Waals surface area contributed by atoms with E-state index in [1.165, 1.54) is 10.1 Å². The fraction of sp³-hybridized carbons (Fsp3) is 0.250. The van der Waals surface area contributed by atoms with Gasteiger partial charge in [-0.1, -0.05) is 6.07 Å². The van der Waals surface area contributed by atoms with Crippen molar-refractivity contribution in [2.24, 2.45) is 5.73 Å². The number of benzene rings is 1. The van der Waals surface area contributed by atoms with Crippen LogP contribution in [0.3, 0.4) is 0 Å². The van der Waals surface area contributed by atoms with Crippen LogP contribution >= 0.6 is 11.3 Å². The number of hydrogen-bond acceptors (Lipinski definition) is 5. The van der Waals surface area contributed by atoms with Crippen LogP contribution < -0.4 is 10.6 Å². The summed E-state index contributed by atoms with van der Waals surface area (Å²) in [7, 11) is 0. The molecule has 104 valence electrons. The number of nitrogens with two attached hydrogens (primary N) is 1. The smallest absolute Gasteiger partial charge is 0.138 e. The van der Waals surface area contributed by atoms with E-state index in [9.17, 15) is 0 Å². The van der Waals surface area contributed by atoms with Crippen molar-refractivity contribution in [3.63, 3.8) is 0 Å². The summed E-state index contributed by atoms with van der Waals surface area (Å²) in [5.41, 5.74) is 7.57. The summed E-state index contributed by atoms with van der Waals surface area (Å²) in [6.45, 7) is 1.80. The van der Waals surface area contributed by atoms with Gasteiger partial charge in [0.15, 0.2) is 0 Å². The highest BCUT2D eigenvalue weighted by atomic mass is 32.1. The summed E-state index contributed by atoms with van der Waals surface area (Å²) in [4.78, 5) is 7.09. The third kappa shape index (κ3) is 1.96. The normalized spacial score (nSPS) is 18.5. The topological polar surface area (TPSA) is 65.9 Å². The number of aromatic nitrogens is 1. The third-order valence-corrected chi connectivity index (χ3v) is 4.98. The zero-order chi connectivity index (χ0) is 14.4. The molecular weight excluding hydrogens is 280 g/mol. The van der Waals surface area contributed by atoms with Crippen LogP contribution in [-0.4, -0.2) is 24.1 Å². The lowest BCUT2D eigenvalue weighted by Crippen LogP contribution is -2.27. The second-order valence-electron chi connectivity index (χ2n) is 5.44. The Balaban J connectivity index is 1.99. The Bertz CT molecular complexity index is 877. The third-order valence-electron chi connectivity index (χ3n) is 4.03. The molecule has 1 aliphatic rings. The molecule has 0 aliphatic carbocycles. The van der Waals surface area contributed by atoms with Crippen molar-refractivity contribution >= 4 is 38.1 Å². The summed E-state index contributed by atoms with van der Waals surface area (Å²) in [5.74, 6) is 1.00. The quantitative estimate of drug-likeness (QED) is 0.749. The van der Waals surface area contributed by atoms with E-state index in [0.717, 1.165) is 36.2 Å². The highest BCUT2D eigenvalue weighted by molar-refractivity contribution is 7.18. The fourth-order valence-corrected chi connectivity index (χ4v) is 3.90. The van der Waals surface area contributed by atoms with E-state index in [1.54, 1.807) is 11.3 Å². The minimum atomic E-state index is 0.224. The molecule has 1 saturated heterocycles. The second-order valence-corrected chi connectivity index (χ2v) is 6.35. The van der Waals surface area contributed by atoms with E-state index in [0.29, 0.717) is 5.56 Å². The lowest BCUT2D eigenvalue weighted by Gasteiger charge is -2.18. The Morgan fingerprint density at radius 1 is 1.33 bits per heavy atom. The molecular formula is C16H14N4S. The Hall–Kier alpha value is -2.16. The number of fused-ring (bicyclic) bond motifs is 3. The van der Waals surface area contributed by atoms with Crippen LogP contribution in [-0.2, 0) is 0 Å². The number of nitrogens with zero attached hydrogens (tertiary/aromatic N) is 3. The van der Waals surface area contributed by atoms with Crippen molar-refractivity contribution in [2.45, 2.75) is 12.5 Å². The summed E-state index contributed by atoms with van der Waals surface area (Å²) < 4.78 is 1.24. The van der Waals surface area contributed by atoms with Gasteiger partial charge in [-0.3, -0.25) is 0 Å². The lowest BCUT2D eigenvalue weighted by molar-refractivity contribution is 0.752. The predicted octanol–water partition coefficient (Wildman–Crippen LogP) is 2.86. The molecule has 21 heavy (non-hydrogen) atoms. The molecule has 1 aromatic carbocycles. The minimum Gasteiger partial charge on any atom is -0.354 e. The SMILES string of the molecule is N#Cc1ccc2c(c1)nc(N1CCC(N)C1)c1ccsc12. The van der Waals surface area contributed by atoms with Gasteiger partial charge < -0.3 is 10.6 Å². The molecule has 1 fully saturated rings. The standard InChI is InChI=1S/C16H14N4S/c17-8-10-1-2-12-14(7-10)19-16(13-4-6-21-15(12)13)20-5-3-11(18)9-20/h1-2,4,6-7,11H,3,5,9,18H2. The van der Waals surface area contributed by atoms with Gasteiger partial charge in [-0.2, -0.15) is 5.26 Å². The van der Waals surface area contributed by atoms with Gasteiger partial charge in [0, 0.05) is 34.6 Å². The first-order chi connectivity index (χ1) is 10.3. The average molecular weight is 294 g/mol. The maximum absolute atomic E-state index is 9.08. The Morgan fingerprint density at radius 3 is 3.00 bits per heavy atom. The largest absolute Gasteiger partial charge is 0.354 e. The molecule has 0 saturated carbocycles. The van der Waals surface area contributed by atoms with Gasteiger partial charge >= 0.3 is 0 Å². The molecule has 3 heterocycles. The lowest BCUT2D eigenvalue weighted by atomic mass is 10.1. The predicted molar refractivity (Wildman–Crippen MR) is 86.6 cm³/mol. The molecule has 0 spiro atoms. The van der Waals surface area contributed by atoms with Crippen molar-refractivity contribution in [2.75, 3.05) is 18.0 Å². The Labute approximate surface area is 126 Å². The molecule has 2 aromatic heterocycles. The van der Waals surface area contributed by atoms with Crippen LogP contribution in [0, 0.1) is 11.3 Å². The van der Waals surface area contributed by atoms with Crippen molar-refractivity contribution in [3.05, 3.63) is 35.2 Å². The van der Waals surface area contributed by atoms with Gasteiger partial charge in [0.25, 0.3) is 0 Å². The molecule has 4 rings (SSSR count). The van der Waals surface area contributed by atoms with Crippen LogP contribution in [0.1, 0.15) is 12.0 Å². The maximum Gasteiger partial charge on any atom is 0.138 e. The highest BCUT2D eigenvalue weighted by Crippen LogP contribution is 2.36. The van der Waals surface area contributed by atoms with Crippen molar-refractivity contribution < 1.29 is 0 Å². The summed E-state index contributed by atoms with van der Waals surface area (Å²) in [5, 5.41) is 13.5. The number of thiophene rings is 1. The zero-order valence-electron chi connectivity index (χ0n) is 11.4. The first-order valence-corrected chi connectivity index (χ1v) is 7.86. The van der Waals surface area contributed by atoms with Crippen LogP contribution in [0.25, 0.3) is 21.0 Å². The van der Waals surface area contributed by atoms with Gasteiger partial charge in [-0.15, -0.1) is 11.3 Å². The van der Waals surface area contributed by atoms with Crippen molar-refractivity contribution in [1.82, 2.24) is 4.98 Å². The molecule has 1 atom stereocenters.